The Kier molecular flexibility index (Phi) is 9.81. The molecule has 9 heteroatoms. The van der Waals surface area contributed by atoms with Crippen molar-refractivity contribution in [3.63, 3.8) is 0 Å². The monoisotopic (exact) mass is 551 g/mol. The molecule has 1 fully saturated rings. The van der Waals surface area contributed by atoms with E-state index in [1.807, 2.05) is 20.9 Å². The summed E-state index contributed by atoms with van der Waals surface area (Å²) in [5, 5.41) is 22.2. The Hall–Kier alpha value is -3.43. The molecule has 216 valence electrons. The number of rotatable bonds is 9. The van der Waals surface area contributed by atoms with Crippen molar-refractivity contribution in [2.45, 2.75) is 64.6 Å². The molecule has 1 aliphatic heterocycles. The zero-order valence-electron chi connectivity index (χ0n) is 23.6. The van der Waals surface area contributed by atoms with Crippen LogP contribution in [0.15, 0.2) is 42.5 Å². The molecule has 1 heterocycles. The fourth-order valence-electron chi connectivity index (χ4n) is 5.60. The van der Waals surface area contributed by atoms with E-state index in [0.717, 1.165) is 37.7 Å². The highest BCUT2D eigenvalue weighted by atomic mass is 16.5. The second-order valence-electron chi connectivity index (χ2n) is 11.3. The molecule has 2 aliphatic rings. The molecule has 2 aromatic carbocycles. The number of carboxylic acid groups (broad SMARTS) is 1. The molecule has 0 spiro atoms. The minimum absolute atomic E-state index is 0.0432. The number of aliphatic hydroxyl groups is 1. The van der Waals surface area contributed by atoms with Gasteiger partial charge in [-0.1, -0.05) is 44.4 Å². The number of anilines is 1. The maximum Gasteiger partial charge on any atom is 0.335 e. The van der Waals surface area contributed by atoms with Crippen LogP contribution in [0, 0.1) is 11.8 Å². The number of fused-ring (bicyclic) bond motifs is 1. The summed E-state index contributed by atoms with van der Waals surface area (Å²) >= 11 is 0. The molecule has 1 aliphatic carbocycles. The number of aromatic carboxylic acids is 1. The standard InChI is InChI=1S/C31H41N3O6/c1-20-16-34(21(2)19-35)30(37)25-10-7-11-26(32-29(36)23-8-5-4-6-9-23)28(25)40-27(20)18-33(3)17-22-12-14-24(15-13-22)31(38)39/h7,10-15,20-21,23,27,35H,4-6,8-9,16-19H2,1-3H3,(H,32,36)(H,38,39)/t20-,21+,27-/m1/s1. The van der Waals surface area contributed by atoms with Crippen LogP contribution >= 0.6 is 0 Å². The summed E-state index contributed by atoms with van der Waals surface area (Å²) < 4.78 is 6.62. The average Bonchev–Trinajstić information content (AvgIpc) is 2.95. The van der Waals surface area contributed by atoms with E-state index >= 15 is 0 Å². The van der Waals surface area contributed by atoms with E-state index in [1.54, 1.807) is 47.4 Å². The summed E-state index contributed by atoms with van der Waals surface area (Å²) in [5.74, 6) is -1.00. The van der Waals surface area contributed by atoms with Crippen molar-refractivity contribution in [3.8, 4) is 5.75 Å². The van der Waals surface area contributed by atoms with Crippen LogP contribution in [0.25, 0.3) is 0 Å². The number of nitrogens with one attached hydrogen (secondary N) is 1. The van der Waals surface area contributed by atoms with Gasteiger partial charge in [0.25, 0.3) is 5.91 Å². The molecule has 2 aromatic rings. The third kappa shape index (κ3) is 7.01. The van der Waals surface area contributed by atoms with Gasteiger partial charge < -0.3 is 25.2 Å². The van der Waals surface area contributed by atoms with Gasteiger partial charge in [-0.25, -0.2) is 4.79 Å². The van der Waals surface area contributed by atoms with Gasteiger partial charge in [0.15, 0.2) is 5.75 Å². The maximum absolute atomic E-state index is 13.7. The lowest BCUT2D eigenvalue weighted by Gasteiger charge is -2.38. The molecular weight excluding hydrogens is 510 g/mol. The van der Waals surface area contributed by atoms with Crippen molar-refractivity contribution in [3.05, 3.63) is 59.2 Å². The SMILES string of the molecule is C[C@@H]1CN([C@@H](C)CO)C(=O)c2cccc(NC(=O)C3CCCCC3)c2O[C@@H]1CN(C)Cc1ccc(C(=O)O)cc1. The first-order chi connectivity index (χ1) is 19.2. The first-order valence-electron chi connectivity index (χ1n) is 14.2. The van der Waals surface area contributed by atoms with Crippen LogP contribution < -0.4 is 10.1 Å². The predicted octanol–water partition coefficient (Wildman–Crippen LogP) is 4.26. The molecular formula is C31H41N3O6. The van der Waals surface area contributed by atoms with Gasteiger partial charge >= 0.3 is 5.97 Å². The molecule has 1 saturated carbocycles. The number of carboxylic acids is 1. The van der Waals surface area contributed by atoms with Crippen LogP contribution in [0.4, 0.5) is 5.69 Å². The molecule has 0 radical (unpaired) electrons. The number of hydrogen-bond acceptors (Lipinski definition) is 6. The largest absolute Gasteiger partial charge is 0.486 e. The van der Waals surface area contributed by atoms with Gasteiger partial charge in [0.1, 0.15) is 6.10 Å². The number of ether oxygens (including phenoxy) is 1. The van der Waals surface area contributed by atoms with Gasteiger partial charge in [0.2, 0.25) is 5.91 Å². The van der Waals surface area contributed by atoms with Crippen LogP contribution in [0.5, 0.6) is 5.75 Å². The molecule has 0 saturated heterocycles. The van der Waals surface area contributed by atoms with Crippen LogP contribution in [0.3, 0.4) is 0 Å². The minimum Gasteiger partial charge on any atom is -0.486 e. The van der Waals surface area contributed by atoms with Gasteiger partial charge in [-0.05, 0) is 56.6 Å². The maximum atomic E-state index is 13.7. The van der Waals surface area contributed by atoms with Crippen molar-refractivity contribution < 1.29 is 29.3 Å². The van der Waals surface area contributed by atoms with Gasteiger partial charge in [0, 0.05) is 31.5 Å². The summed E-state index contributed by atoms with van der Waals surface area (Å²) in [4.78, 5) is 41.8. The molecule has 40 heavy (non-hydrogen) atoms. The van der Waals surface area contributed by atoms with Gasteiger partial charge in [-0.2, -0.15) is 0 Å². The summed E-state index contributed by atoms with van der Waals surface area (Å²) in [6.45, 7) is 5.20. The van der Waals surface area contributed by atoms with Gasteiger partial charge in [0.05, 0.1) is 29.5 Å². The van der Waals surface area contributed by atoms with Gasteiger partial charge in [-0.15, -0.1) is 0 Å². The molecule has 4 rings (SSSR count). The van der Waals surface area contributed by atoms with Gasteiger partial charge in [-0.3, -0.25) is 14.5 Å². The lowest BCUT2D eigenvalue weighted by Crippen LogP contribution is -2.49. The number of para-hydroxylation sites is 1. The number of amides is 2. The third-order valence-electron chi connectivity index (χ3n) is 8.07. The van der Waals surface area contributed by atoms with E-state index in [-0.39, 0.29) is 48.0 Å². The Labute approximate surface area is 236 Å². The molecule has 2 amide bonds. The molecule has 0 unspecified atom stereocenters. The van der Waals surface area contributed by atoms with Crippen LogP contribution in [-0.2, 0) is 11.3 Å². The van der Waals surface area contributed by atoms with E-state index in [9.17, 15) is 24.6 Å². The van der Waals surface area contributed by atoms with Crippen molar-refractivity contribution in [1.82, 2.24) is 9.80 Å². The van der Waals surface area contributed by atoms with Crippen LogP contribution in [0.2, 0.25) is 0 Å². The molecule has 9 nitrogen and oxygen atoms in total. The van der Waals surface area contributed by atoms with Crippen molar-refractivity contribution >= 4 is 23.5 Å². The summed E-state index contributed by atoms with van der Waals surface area (Å²) in [6.07, 6.45) is 4.63. The smallest absolute Gasteiger partial charge is 0.335 e. The third-order valence-corrected chi connectivity index (χ3v) is 8.07. The molecule has 3 atom stereocenters. The van der Waals surface area contributed by atoms with E-state index in [0.29, 0.717) is 36.6 Å². The van der Waals surface area contributed by atoms with Crippen LogP contribution in [0.1, 0.15) is 72.2 Å². The number of carbonyl (C=O) groups is 3. The molecule has 3 N–H and O–H groups in total. The van der Waals surface area contributed by atoms with E-state index in [4.69, 9.17) is 4.74 Å². The summed E-state index contributed by atoms with van der Waals surface area (Å²) in [5.41, 5.74) is 2.07. The second-order valence-corrected chi connectivity index (χ2v) is 11.3. The topological polar surface area (TPSA) is 119 Å². The number of likely N-dealkylation sites (N-methyl/N-ethyl adjacent to an activating group) is 1. The highest BCUT2D eigenvalue weighted by Gasteiger charge is 2.35. The Morgan fingerprint density at radius 1 is 1.12 bits per heavy atom. The Bertz CT molecular complexity index is 1190. The molecule has 0 aromatic heterocycles. The zero-order chi connectivity index (χ0) is 28.8. The highest BCUT2D eigenvalue weighted by molar-refractivity contribution is 6.02. The Morgan fingerprint density at radius 3 is 2.48 bits per heavy atom. The number of nitrogens with zero attached hydrogens (tertiary/aromatic N) is 2. The first kappa shape index (κ1) is 29.6. The van der Waals surface area contributed by atoms with Crippen LogP contribution in [-0.4, -0.2) is 76.7 Å². The Balaban J connectivity index is 1.60. The average molecular weight is 552 g/mol. The normalized spacial score (nSPS) is 20.7. The summed E-state index contributed by atoms with van der Waals surface area (Å²) in [7, 11) is 1.97. The lowest BCUT2D eigenvalue weighted by molar-refractivity contribution is -0.120. The van der Waals surface area contributed by atoms with E-state index < -0.39 is 5.97 Å². The number of aliphatic hydroxyl groups excluding tert-OH is 1. The molecule has 0 bridgehead atoms. The second kappa shape index (κ2) is 13.3. The first-order valence-corrected chi connectivity index (χ1v) is 14.2. The van der Waals surface area contributed by atoms with Crippen molar-refractivity contribution in [2.75, 3.05) is 32.1 Å². The lowest BCUT2D eigenvalue weighted by atomic mass is 9.88. The van der Waals surface area contributed by atoms with Crippen molar-refractivity contribution in [1.29, 1.82) is 0 Å². The fourth-order valence-corrected chi connectivity index (χ4v) is 5.60. The zero-order valence-corrected chi connectivity index (χ0v) is 23.6. The minimum atomic E-state index is -0.960. The van der Waals surface area contributed by atoms with Crippen molar-refractivity contribution in [2.24, 2.45) is 11.8 Å². The quantitative estimate of drug-likeness (QED) is 0.426. The van der Waals surface area contributed by atoms with E-state index in [1.165, 1.54) is 0 Å². The number of benzene rings is 2. The highest BCUT2D eigenvalue weighted by Crippen LogP contribution is 2.36. The Morgan fingerprint density at radius 2 is 1.82 bits per heavy atom. The number of hydrogen-bond donors (Lipinski definition) is 3. The summed E-state index contributed by atoms with van der Waals surface area (Å²) in [6, 6.07) is 11.7. The number of carbonyl (C=O) groups excluding carboxylic acids is 2. The van der Waals surface area contributed by atoms with E-state index in [2.05, 4.69) is 10.2 Å². The predicted molar refractivity (Wildman–Crippen MR) is 153 cm³/mol. The fraction of sp³-hybridized carbons (Fsp3) is 0.516.